The lowest BCUT2D eigenvalue weighted by molar-refractivity contribution is -0.131. The molecule has 0 aliphatic carbocycles. The molecular weight excluding hydrogens is 188 g/mol. The van der Waals surface area contributed by atoms with Crippen molar-refractivity contribution in [3.63, 3.8) is 0 Å². The highest BCUT2D eigenvalue weighted by molar-refractivity contribution is 6.40. The molecule has 3 heteroatoms. The number of carbonyl (C=O) groups is 1. The molecule has 76 valence electrons. The Kier molecular flexibility index (Phi) is 7.80. The molecule has 0 atom stereocenters. The number of carboxylic acid groups (broad SMARTS) is 1. The van der Waals surface area contributed by atoms with E-state index in [2.05, 4.69) is 6.92 Å². The quantitative estimate of drug-likeness (QED) is 0.509. The molecule has 0 saturated heterocycles. The van der Waals surface area contributed by atoms with Gasteiger partial charge in [0.1, 0.15) is 5.03 Å². The third-order valence-corrected chi connectivity index (χ3v) is 2.15. The maximum absolute atomic E-state index is 10.3. The molecule has 0 spiro atoms. The van der Waals surface area contributed by atoms with Crippen molar-refractivity contribution in [3.8, 4) is 0 Å². The largest absolute Gasteiger partial charge is 0.477 e. The Morgan fingerprint density at radius 3 is 2.46 bits per heavy atom. The average Bonchev–Trinajstić information content (AvgIpc) is 2.10. The van der Waals surface area contributed by atoms with Gasteiger partial charge in [-0.3, -0.25) is 0 Å². The van der Waals surface area contributed by atoms with E-state index in [4.69, 9.17) is 16.7 Å². The van der Waals surface area contributed by atoms with Gasteiger partial charge in [0.25, 0.3) is 0 Å². The van der Waals surface area contributed by atoms with Crippen LogP contribution in [0.15, 0.2) is 11.1 Å². The summed E-state index contributed by atoms with van der Waals surface area (Å²) < 4.78 is 0. The van der Waals surface area contributed by atoms with E-state index in [9.17, 15) is 4.79 Å². The van der Waals surface area contributed by atoms with Crippen LogP contribution >= 0.6 is 11.6 Å². The number of halogens is 1. The van der Waals surface area contributed by atoms with E-state index in [0.29, 0.717) is 0 Å². The van der Waals surface area contributed by atoms with Crippen LogP contribution in [0.2, 0.25) is 0 Å². The normalized spacial score (nSPS) is 11.7. The number of allylic oxidation sites excluding steroid dienone is 1. The van der Waals surface area contributed by atoms with Gasteiger partial charge in [-0.1, -0.05) is 50.3 Å². The molecule has 0 saturated carbocycles. The molecule has 0 amide bonds. The maximum atomic E-state index is 10.3. The minimum absolute atomic E-state index is 0.0597. The first-order valence-electron chi connectivity index (χ1n) is 4.77. The smallest absolute Gasteiger partial charge is 0.346 e. The topological polar surface area (TPSA) is 37.3 Å². The molecule has 0 aromatic rings. The minimum atomic E-state index is -1.03. The first-order valence-corrected chi connectivity index (χ1v) is 5.15. The van der Waals surface area contributed by atoms with Crippen LogP contribution in [-0.4, -0.2) is 11.1 Å². The van der Waals surface area contributed by atoms with Crippen LogP contribution in [0.4, 0.5) is 0 Å². The van der Waals surface area contributed by atoms with Gasteiger partial charge in [-0.2, -0.15) is 0 Å². The summed E-state index contributed by atoms with van der Waals surface area (Å²) in [6.07, 6.45) is 8.26. The summed E-state index contributed by atoms with van der Waals surface area (Å²) in [5, 5.41) is 8.36. The van der Waals surface area contributed by atoms with Gasteiger partial charge in [0, 0.05) is 0 Å². The van der Waals surface area contributed by atoms with Crippen molar-refractivity contribution < 1.29 is 9.90 Å². The number of rotatable bonds is 7. The van der Waals surface area contributed by atoms with E-state index in [1.54, 1.807) is 6.08 Å². The number of carboxylic acids is 1. The van der Waals surface area contributed by atoms with Crippen LogP contribution in [0.3, 0.4) is 0 Å². The fourth-order valence-electron chi connectivity index (χ4n) is 1.06. The SMILES string of the molecule is CCCCCCCC=C(Cl)C(=O)O. The molecule has 0 bridgehead atoms. The average molecular weight is 205 g/mol. The minimum Gasteiger partial charge on any atom is -0.477 e. The maximum Gasteiger partial charge on any atom is 0.346 e. The van der Waals surface area contributed by atoms with E-state index in [1.165, 1.54) is 19.3 Å². The standard InChI is InChI=1S/C10H17ClO2/c1-2-3-4-5-6-7-8-9(11)10(12)13/h8H,2-7H2,1H3,(H,12,13). The van der Waals surface area contributed by atoms with Crippen LogP contribution in [-0.2, 0) is 4.79 Å². The summed E-state index contributed by atoms with van der Waals surface area (Å²) >= 11 is 5.42. The second-order valence-corrected chi connectivity index (χ2v) is 3.47. The van der Waals surface area contributed by atoms with Gasteiger partial charge in [-0.25, -0.2) is 4.79 Å². The molecule has 0 aromatic carbocycles. The number of aliphatic carboxylic acids is 1. The molecule has 0 aliphatic heterocycles. The van der Waals surface area contributed by atoms with Crippen molar-refractivity contribution in [2.45, 2.75) is 45.4 Å². The summed E-state index contributed by atoms with van der Waals surface area (Å²) in [7, 11) is 0. The Hall–Kier alpha value is -0.500. The fraction of sp³-hybridized carbons (Fsp3) is 0.700. The summed E-state index contributed by atoms with van der Waals surface area (Å²) in [5.74, 6) is -1.03. The highest BCUT2D eigenvalue weighted by atomic mass is 35.5. The zero-order valence-corrected chi connectivity index (χ0v) is 8.81. The van der Waals surface area contributed by atoms with Gasteiger partial charge in [0.2, 0.25) is 0 Å². The lowest BCUT2D eigenvalue weighted by atomic mass is 10.1. The molecule has 2 nitrogen and oxygen atoms in total. The van der Waals surface area contributed by atoms with Gasteiger partial charge in [-0.15, -0.1) is 0 Å². The highest BCUT2D eigenvalue weighted by Gasteiger charge is 2.00. The Bertz CT molecular complexity index is 176. The van der Waals surface area contributed by atoms with Crippen LogP contribution < -0.4 is 0 Å². The zero-order valence-electron chi connectivity index (χ0n) is 8.05. The second kappa shape index (κ2) is 8.11. The summed E-state index contributed by atoms with van der Waals surface area (Å²) in [6.45, 7) is 2.17. The number of hydrogen-bond donors (Lipinski definition) is 1. The predicted molar refractivity (Wildman–Crippen MR) is 54.9 cm³/mol. The van der Waals surface area contributed by atoms with E-state index in [1.807, 2.05) is 0 Å². The zero-order chi connectivity index (χ0) is 10.1. The highest BCUT2D eigenvalue weighted by Crippen LogP contribution is 2.08. The Morgan fingerprint density at radius 2 is 1.92 bits per heavy atom. The van der Waals surface area contributed by atoms with E-state index >= 15 is 0 Å². The Morgan fingerprint density at radius 1 is 1.31 bits per heavy atom. The van der Waals surface area contributed by atoms with E-state index in [0.717, 1.165) is 19.3 Å². The van der Waals surface area contributed by atoms with Gasteiger partial charge < -0.3 is 5.11 Å². The molecule has 0 rings (SSSR count). The van der Waals surface area contributed by atoms with Crippen LogP contribution in [0, 0.1) is 0 Å². The fourth-order valence-corrected chi connectivity index (χ4v) is 1.17. The summed E-state index contributed by atoms with van der Waals surface area (Å²) in [6, 6.07) is 0. The first-order chi connectivity index (χ1) is 6.18. The Balaban J connectivity index is 3.34. The summed E-state index contributed by atoms with van der Waals surface area (Å²) in [4.78, 5) is 10.3. The third kappa shape index (κ3) is 7.85. The molecule has 0 aliphatic rings. The Labute approximate surface area is 84.6 Å². The van der Waals surface area contributed by atoms with Crippen molar-refractivity contribution in [3.05, 3.63) is 11.1 Å². The molecule has 0 unspecified atom stereocenters. The molecule has 0 fully saturated rings. The lowest BCUT2D eigenvalue weighted by Crippen LogP contribution is -1.93. The van der Waals surface area contributed by atoms with Gasteiger partial charge in [0.05, 0.1) is 0 Å². The van der Waals surface area contributed by atoms with Crippen LogP contribution in [0.1, 0.15) is 45.4 Å². The molecule has 0 heterocycles. The molecule has 13 heavy (non-hydrogen) atoms. The molecule has 1 N–H and O–H groups in total. The third-order valence-electron chi connectivity index (χ3n) is 1.84. The van der Waals surface area contributed by atoms with Crippen LogP contribution in [0.5, 0.6) is 0 Å². The molecule has 0 aromatic heterocycles. The summed E-state index contributed by atoms with van der Waals surface area (Å²) in [5.41, 5.74) is 0. The van der Waals surface area contributed by atoms with Gasteiger partial charge in [0.15, 0.2) is 0 Å². The first kappa shape index (κ1) is 12.5. The van der Waals surface area contributed by atoms with Crippen LogP contribution in [0.25, 0.3) is 0 Å². The van der Waals surface area contributed by atoms with Gasteiger partial charge >= 0.3 is 5.97 Å². The molecule has 0 radical (unpaired) electrons. The monoisotopic (exact) mass is 204 g/mol. The second-order valence-electron chi connectivity index (χ2n) is 3.06. The lowest BCUT2D eigenvalue weighted by Gasteiger charge is -1.96. The van der Waals surface area contributed by atoms with Crippen molar-refractivity contribution >= 4 is 17.6 Å². The molecular formula is C10H17ClO2. The number of hydrogen-bond acceptors (Lipinski definition) is 1. The van der Waals surface area contributed by atoms with Crippen molar-refractivity contribution in [2.75, 3.05) is 0 Å². The van der Waals surface area contributed by atoms with E-state index in [-0.39, 0.29) is 5.03 Å². The number of unbranched alkanes of at least 4 members (excludes halogenated alkanes) is 5. The van der Waals surface area contributed by atoms with Gasteiger partial charge in [-0.05, 0) is 12.8 Å². The van der Waals surface area contributed by atoms with E-state index < -0.39 is 5.97 Å². The van der Waals surface area contributed by atoms with Crippen molar-refractivity contribution in [1.29, 1.82) is 0 Å². The van der Waals surface area contributed by atoms with Crippen molar-refractivity contribution in [1.82, 2.24) is 0 Å². The predicted octanol–water partition coefficient (Wildman–Crippen LogP) is 3.55. The van der Waals surface area contributed by atoms with Crippen molar-refractivity contribution in [2.24, 2.45) is 0 Å².